The van der Waals surface area contributed by atoms with Crippen LogP contribution in [0.3, 0.4) is 0 Å². The average molecular weight is 308 g/mol. The Bertz CT molecular complexity index is 521. The van der Waals surface area contributed by atoms with E-state index in [0.29, 0.717) is 24.7 Å². The molecule has 0 bridgehead atoms. The lowest BCUT2D eigenvalue weighted by atomic mass is 9.92. The molecular formula is C16H24N2O4. The number of hydrogen-bond acceptors (Lipinski definition) is 6. The monoisotopic (exact) mass is 308 g/mol. The van der Waals surface area contributed by atoms with Crippen LogP contribution in [0.25, 0.3) is 0 Å². The van der Waals surface area contributed by atoms with E-state index in [9.17, 15) is 4.79 Å². The highest BCUT2D eigenvalue weighted by atomic mass is 16.5. The van der Waals surface area contributed by atoms with Gasteiger partial charge in [-0.25, -0.2) is 0 Å². The third kappa shape index (κ3) is 3.44. The first-order chi connectivity index (χ1) is 10.6. The van der Waals surface area contributed by atoms with Crippen molar-refractivity contribution < 1.29 is 19.0 Å². The van der Waals surface area contributed by atoms with E-state index in [1.807, 2.05) is 18.2 Å². The fourth-order valence-corrected chi connectivity index (χ4v) is 2.72. The van der Waals surface area contributed by atoms with Gasteiger partial charge >= 0.3 is 5.97 Å². The zero-order valence-electron chi connectivity index (χ0n) is 13.4. The molecule has 0 radical (unpaired) electrons. The number of anilines is 1. The van der Waals surface area contributed by atoms with Crippen molar-refractivity contribution in [3.8, 4) is 11.5 Å². The Morgan fingerprint density at radius 2 is 2.05 bits per heavy atom. The van der Waals surface area contributed by atoms with Crippen LogP contribution in [0.1, 0.15) is 13.3 Å². The van der Waals surface area contributed by atoms with Gasteiger partial charge in [0.2, 0.25) is 0 Å². The molecule has 2 N–H and O–H groups in total. The van der Waals surface area contributed by atoms with Gasteiger partial charge in [0, 0.05) is 30.9 Å². The summed E-state index contributed by atoms with van der Waals surface area (Å²) < 4.78 is 15.7. The number of carbonyl (C=O) groups excluding carboxylic acids is 1. The predicted octanol–water partition coefficient (Wildman–Crippen LogP) is 1.42. The second-order valence-corrected chi connectivity index (χ2v) is 5.30. The van der Waals surface area contributed by atoms with Gasteiger partial charge in [0.1, 0.15) is 0 Å². The van der Waals surface area contributed by atoms with Gasteiger partial charge in [-0.2, -0.15) is 0 Å². The topological polar surface area (TPSA) is 74.0 Å². The molecule has 2 rings (SSSR count). The van der Waals surface area contributed by atoms with Gasteiger partial charge < -0.3 is 24.8 Å². The maximum atomic E-state index is 12.0. The SMILES string of the molecule is CCOC(=O)C1CN(c2ccc(OC)c(OC)c2)CCC1N. The number of nitrogens with zero attached hydrogens (tertiary/aromatic N) is 1. The van der Waals surface area contributed by atoms with Crippen molar-refractivity contribution in [2.45, 2.75) is 19.4 Å². The van der Waals surface area contributed by atoms with Crippen LogP contribution in [0.2, 0.25) is 0 Å². The molecule has 6 heteroatoms. The number of ether oxygens (including phenoxy) is 3. The van der Waals surface area contributed by atoms with Crippen molar-refractivity contribution in [3.63, 3.8) is 0 Å². The van der Waals surface area contributed by atoms with Crippen LogP contribution in [-0.4, -0.2) is 45.9 Å². The highest BCUT2D eigenvalue weighted by Gasteiger charge is 2.33. The molecule has 2 unspecified atom stereocenters. The van der Waals surface area contributed by atoms with E-state index in [4.69, 9.17) is 19.9 Å². The number of benzene rings is 1. The largest absolute Gasteiger partial charge is 0.493 e. The molecule has 122 valence electrons. The second-order valence-electron chi connectivity index (χ2n) is 5.30. The number of carbonyl (C=O) groups is 1. The van der Waals surface area contributed by atoms with Gasteiger partial charge in [0.15, 0.2) is 11.5 Å². The summed E-state index contributed by atoms with van der Waals surface area (Å²) in [5.74, 6) is 0.825. The molecule has 22 heavy (non-hydrogen) atoms. The van der Waals surface area contributed by atoms with Crippen LogP contribution >= 0.6 is 0 Å². The smallest absolute Gasteiger partial charge is 0.312 e. The van der Waals surface area contributed by atoms with E-state index in [0.717, 1.165) is 18.7 Å². The predicted molar refractivity (Wildman–Crippen MR) is 84.5 cm³/mol. The highest BCUT2D eigenvalue weighted by Crippen LogP contribution is 2.33. The molecule has 1 fully saturated rings. The summed E-state index contributed by atoms with van der Waals surface area (Å²) in [6, 6.07) is 5.58. The molecule has 0 amide bonds. The van der Waals surface area contributed by atoms with Crippen LogP contribution in [0.15, 0.2) is 18.2 Å². The number of hydrogen-bond donors (Lipinski definition) is 1. The van der Waals surface area contributed by atoms with Crippen molar-refractivity contribution in [1.82, 2.24) is 0 Å². The van der Waals surface area contributed by atoms with Gasteiger partial charge in [-0.15, -0.1) is 0 Å². The van der Waals surface area contributed by atoms with Crippen molar-refractivity contribution in [3.05, 3.63) is 18.2 Å². The molecule has 2 atom stereocenters. The Morgan fingerprint density at radius 1 is 1.32 bits per heavy atom. The van der Waals surface area contributed by atoms with Crippen molar-refractivity contribution in [2.24, 2.45) is 11.7 Å². The minimum absolute atomic E-state index is 0.157. The Hall–Kier alpha value is -1.95. The molecule has 1 saturated heterocycles. The average Bonchev–Trinajstić information content (AvgIpc) is 2.54. The molecule has 0 aromatic heterocycles. The van der Waals surface area contributed by atoms with Gasteiger partial charge in [0.05, 0.1) is 26.7 Å². The fraction of sp³-hybridized carbons (Fsp3) is 0.562. The third-order valence-electron chi connectivity index (χ3n) is 3.99. The van der Waals surface area contributed by atoms with Crippen LogP contribution in [0.5, 0.6) is 11.5 Å². The Kier molecular flexibility index (Phi) is 5.49. The highest BCUT2D eigenvalue weighted by molar-refractivity contribution is 5.74. The summed E-state index contributed by atoms with van der Waals surface area (Å²) in [7, 11) is 3.21. The maximum absolute atomic E-state index is 12.0. The van der Waals surface area contributed by atoms with Gasteiger partial charge in [-0.05, 0) is 25.5 Å². The van der Waals surface area contributed by atoms with E-state index < -0.39 is 0 Å². The van der Waals surface area contributed by atoms with Crippen LogP contribution in [0, 0.1) is 5.92 Å². The van der Waals surface area contributed by atoms with Crippen molar-refractivity contribution in [2.75, 3.05) is 38.8 Å². The summed E-state index contributed by atoms with van der Waals surface area (Å²) in [4.78, 5) is 14.2. The lowest BCUT2D eigenvalue weighted by molar-refractivity contribution is -0.148. The number of nitrogens with two attached hydrogens (primary N) is 1. The van der Waals surface area contributed by atoms with Gasteiger partial charge in [0.25, 0.3) is 0 Å². The third-order valence-corrected chi connectivity index (χ3v) is 3.99. The molecule has 1 aliphatic rings. The lowest BCUT2D eigenvalue weighted by Crippen LogP contribution is -2.50. The summed E-state index contributed by atoms with van der Waals surface area (Å²) in [5.41, 5.74) is 7.07. The quantitative estimate of drug-likeness (QED) is 0.829. The minimum Gasteiger partial charge on any atom is -0.493 e. The molecule has 0 saturated carbocycles. The minimum atomic E-state index is -0.304. The lowest BCUT2D eigenvalue weighted by Gasteiger charge is -2.37. The number of methoxy groups -OCH3 is 2. The van der Waals surface area contributed by atoms with E-state index >= 15 is 0 Å². The summed E-state index contributed by atoms with van der Waals surface area (Å²) in [6.07, 6.45) is 0.748. The Labute approximate surface area is 131 Å². The van der Waals surface area contributed by atoms with E-state index in [1.54, 1.807) is 21.1 Å². The Balaban J connectivity index is 2.17. The molecule has 6 nitrogen and oxygen atoms in total. The zero-order chi connectivity index (χ0) is 16.1. The molecule has 1 heterocycles. The number of piperidine rings is 1. The van der Waals surface area contributed by atoms with Crippen molar-refractivity contribution in [1.29, 1.82) is 0 Å². The summed E-state index contributed by atoms with van der Waals surface area (Å²) in [6.45, 7) is 3.53. The van der Waals surface area contributed by atoms with E-state index in [-0.39, 0.29) is 17.9 Å². The molecule has 1 aliphatic heterocycles. The van der Waals surface area contributed by atoms with Gasteiger partial charge in [-0.3, -0.25) is 4.79 Å². The first-order valence-corrected chi connectivity index (χ1v) is 7.49. The molecular weight excluding hydrogens is 284 g/mol. The molecule has 0 aliphatic carbocycles. The van der Waals surface area contributed by atoms with Crippen LogP contribution in [-0.2, 0) is 9.53 Å². The number of rotatable bonds is 5. The van der Waals surface area contributed by atoms with Crippen LogP contribution in [0.4, 0.5) is 5.69 Å². The van der Waals surface area contributed by atoms with Crippen molar-refractivity contribution >= 4 is 11.7 Å². The van der Waals surface area contributed by atoms with E-state index in [2.05, 4.69) is 4.90 Å². The number of esters is 1. The fourth-order valence-electron chi connectivity index (χ4n) is 2.72. The molecule has 1 aromatic rings. The van der Waals surface area contributed by atoms with E-state index in [1.165, 1.54) is 0 Å². The normalized spacial score (nSPS) is 21.4. The van der Waals surface area contributed by atoms with Crippen LogP contribution < -0.4 is 20.1 Å². The first kappa shape index (κ1) is 16.4. The summed E-state index contributed by atoms with van der Waals surface area (Å²) >= 11 is 0. The maximum Gasteiger partial charge on any atom is 0.312 e. The zero-order valence-corrected chi connectivity index (χ0v) is 13.4. The molecule has 0 spiro atoms. The summed E-state index contributed by atoms with van der Waals surface area (Å²) in [5, 5.41) is 0. The second kappa shape index (κ2) is 7.35. The Morgan fingerprint density at radius 3 is 2.68 bits per heavy atom. The standard InChI is InChI=1S/C16H24N2O4/c1-4-22-16(19)12-10-18(8-7-13(12)17)11-5-6-14(20-2)15(9-11)21-3/h5-6,9,12-13H,4,7-8,10,17H2,1-3H3. The molecule has 1 aromatic carbocycles. The van der Waals surface area contributed by atoms with Gasteiger partial charge in [-0.1, -0.05) is 0 Å². The first-order valence-electron chi connectivity index (χ1n) is 7.49.